The van der Waals surface area contributed by atoms with Crippen molar-refractivity contribution >= 4 is 11.6 Å². The summed E-state index contributed by atoms with van der Waals surface area (Å²) in [7, 11) is 1.95. The highest BCUT2D eigenvalue weighted by atomic mass is 35.5. The van der Waals surface area contributed by atoms with Crippen LogP contribution in [0.15, 0.2) is 6.20 Å². The molecule has 1 aromatic rings. The Labute approximate surface area is 114 Å². The molecule has 0 bridgehead atoms. The first-order valence-corrected chi connectivity index (χ1v) is 7.05. The van der Waals surface area contributed by atoms with Gasteiger partial charge in [0.05, 0.1) is 29.1 Å². The third kappa shape index (κ3) is 2.71. The van der Waals surface area contributed by atoms with Crippen LogP contribution in [0.4, 0.5) is 0 Å². The minimum Gasteiger partial charge on any atom is -0.378 e. The maximum atomic E-state index is 6.28. The van der Waals surface area contributed by atoms with Crippen molar-refractivity contribution in [2.75, 3.05) is 13.2 Å². The first-order valence-electron chi connectivity index (χ1n) is 6.67. The largest absolute Gasteiger partial charge is 0.378 e. The Morgan fingerprint density at radius 3 is 2.94 bits per heavy atom. The molecular formula is C13H22ClN3O. The van der Waals surface area contributed by atoms with Crippen LogP contribution in [0.3, 0.4) is 0 Å². The van der Waals surface area contributed by atoms with Crippen molar-refractivity contribution in [1.29, 1.82) is 0 Å². The zero-order valence-electron chi connectivity index (χ0n) is 11.3. The summed E-state index contributed by atoms with van der Waals surface area (Å²) in [4.78, 5) is 0. The summed E-state index contributed by atoms with van der Waals surface area (Å²) in [6.45, 7) is 6.13. The van der Waals surface area contributed by atoms with Crippen molar-refractivity contribution in [2.45, 2.75) is 38.8 Å². The van der Waals surface area contributed by atoms with Gasteiger partial charge >= 0.3 is 0 Å². The minimum atomic E-state index is 0.224. The van der Waals surface area contributed by atoms with Crippen LogP contribution in [-0.2, 0) is 11.8 Å². The molecule has 0 amide bonds. The lowest BCUT2D eigenvalue weighted by atomic mass is 9.91. The van der Waals surface area contributed by atoms with Crippen LogP contribution in [0.5, 0.6) is 0 Å². The molecule has 1 N–H and O–H groups in total. The Hall–Kier alpha value is -0.580. The quantitative estimate of drug-likeness (QED) is 0.895. The molecule has 1 fully saturated rings. The number of nitrogens with one attached hydrogen (secondary N) is 1. The second-order valence-electron chi connectivity index (χ2n) is 4.96. The topological polar surface area (TPSA) is 39.1 Å². The Morgan fingerprint density at radius 2 is 2.44 bits per heavy atom. The number of aromatic nitrogens is 2. The lowest BCUT2D eigenvalue weighted by Gasteiger charge is -2.27. The molecule has 1 saturated heterocycles. The molecule has 5 heteroatoms. The SMILES string of the molecule is CCCNC(c1c(Cl)cnn1C)C1CCOC1C. The van der Waals surface area contributed by atoms with Gasteiger partial charge in [0.1, 0.15) is 0 Å². The predicted molar refractivity (Wildman–Crippen MR) is 72.8 cm³/mol. The number of hydrogen-bond donors (Lipinski definition) is 1. The highest BCUT2D eigenvalue weighted by Gasteiger charge is 2.35. The van der Waals surface area contributed by atoms with Gasteiger partial charge < -0.3 is 10.1 Å². The number of halogens is 1. The number of nitrogens with zero attached hydrogens (tertiary/aromatic N) is 2. The van der Waals surface area contributed by atoms with Crippen molar-refractivity contribution in [2.24, 2.45) is 13.0 Å². The van der Waals surface area contributed by atoms with Gasteiger partial charge in [-0.1, -0.05) is 18.5 Å². The molecule has 0 spiro atoms. The third-order valence-electron chi connectivity index (χ3n) is 3.71. The number of hydrogen-bond acceptors (Lipinski definition) is 3. The summed E-state index contributed by atoms with van der Waals surface area (Å²) < 4.78 is 7.57. The van der Waals surface area contributed by atoms with E-state index in [0.29, 0.717) is 5.92 Å². The van der Waals surface area contributed by atoms with Gasteiger partial charge in [-0.15, -0.1) is 0 Å². The minimum absolute atomic E-state index is 0.224. The van der Waals surface area contributed by atoms with E-state index < -0.39 is 0 Å². The fourth-order valence-electron chi connectivity index (χ4n) is 2.71. The van der Waals surface area contributed by atoms with Crippen molar-refractivity contribution in [3.05, 3.63) is 16.9 Å². The van der Waals surface area contributed by atoms with Crippen LogP contribution in [0.1, 0.15) is 38.4 Å². The molecule has 102 valence electrons. The van der Waals surface area contributed by atoms with Crippen LogP contribution in [0, 0.1) is 5.92 Å². The van der Waals surface area contributed by atoms with E-state index in [4.69, 9.17) is 16.3 Å². The zero-order chi connectivity index (χ0) is 13.1. The van der Waals surface area contributed by atoms with Crippen LogP contribution in [0.2, 0.25) is 5.02 Å². The molecular weight excluding hydrogens is 250 g/mol. The Morgan fingerprint density at radius 1 is 1.67 bits per heavy atom. The van der Waals surface area contributed by atoms with E-state index >= 15 is 0 Å². The van der Waals surface area contributed by atoms with Gasteiger partial charge in [-0.05, 0) is 26.3 Å². The third-order valence-corrected chi connectivity index (χ3v) is 4.00. The van der Waals surface area contributed by atoms with Crippen molar-refractivity contribution in [3.63, 3.8) is 0 Å². The highest BCUT2D eigenvalue weighted by molar-refractivity contribution is 6.31. The summed E-state index contributed by atoms with van der Waals surface area (Å²) >= 11 is 6.28. The predicted octanol–water partition coefficient (Wildman–Crippen LogP) is 2.54. The van der Waals surface area contributed by atoms with Gasteiger partial charge in [0.25, 0.3) is 0 Å². The number of ether oxygens (including phenoxy) is 1. The Bertz CT molecular complexity index is 374. The normalized spacial score (nSPS) is 25.6. The monoisotopic (exact) mass is 271 g/mol. The molecule has 0 saturated carbocycles. The molecule has 3 atom stereocenters. The second-order valence-corrected chi connectivity index (χ2v) is 5.37. The van der Waals surface area contributed by atoms with Crippen molar-refractivity contribution in [3.8, 4) is 0 Å². The van der Waals surface area contributed by atoms with Crippen LogP contribution >= 0.6 is 11.6 Å². The van der Waals surface area contributed by atoms with E-state index in [9.17, 15) is 0 Å². The van der Waals surface area contributed by atoms with Crippen LogP contribution in [-0.4, -0.2) is 29.0 Å². The maximum absolute atomic E-state index is 6.28. The molecule has 4 nitrogen and oxygen atoms in total. The van der Waals surface area contributed by atoms with E-state index in [2.05, 4.69) is 24.3 Å². The Kier molecular flexibility index (Phi) is 4.65. The smallest absolute Gasteiger partial charge is 0.0834 e. The first kappa shape index (κ1) is 13.8. The number of aryl methyl sites for hydroxylation is 1. The number of rotatable bonds is 5. The van der Waals surface area contributed by atoms with Gasteiger partial charge in [-0.25, -0.2) is 0 Å². The van der Waals surface area contributed by atoms with Crippen LogP contribution < -0.4 is 5.32 Å². The fraction of sp³-hybridized carbons (Fsp3) is 0.769. The zero-order valence-corrected chi connectivity index (χ0v) is 12.1. The van der Waals surface area contributed by atoms with Gasteiger partial charge in [0.15, 0.2) is 0 Å². The van der Waals surface area contributed by atoms with Crippen LogP contribution in [0.25, 0.3) is 0 Å². The molecule has 2 heterocycles. The molecule has 2 rings (SSSR count). The van der Waals surface area contributed by atoms with E-state index in [1.807, 2.05) is 11.7 Å². The molecule has 1 aliphatic rings. The summed E-state index contributed by atoms with van der Waals surface area (Å²) in [6, 6.07) is 0.224. The molecule has 18 heavy (non-hydrogen) atoms. The lowest BCUT2D eigenvalue weighted by molar-refractivity contribution is 0.0944. The summed E-state index contributed by atoms with van der Waals surface area (Å²) in [6.07, 6.45) is 4.17. The molecule has 0 aromatic carbocycles. The second kappa shape index (κ2) is 6.04. The van der Waals surface area contributed by atoms with E-state index in [1.54, 1.807) is 6.20 Å². The van der Waals surface area contributed by atoms with Gasteiger partial charge in [-0.2, -0.15) is 5.10 Å². The van der Waals surface area contributed by atoms with Crippen molar-refractivity contribution in [1.82, 2.24) is 15.1 Å². The molecule has 1 aromatic heterocycles. The lowest BCUT2D eigenvalue weighted by Crippen LogP contribution is -2.34. The van der Waals surface area contributed by atoms with Crippen molar-refractivity contribution < 1.29 is 4.74 Å². The summed E-state index contributed by atoms with van der Waals surface area (Å²) in [5.41, 5.74) is 1.08. The molecule has 3 unspecified atom stereocenters. The van der Waals surface area contributed by atoms with Gasteiger partial charge in [0.2, 0.25) is 0 Å². The summed E-state index contributed by atoms with van der Waals surface area (Å²) in [5.74, 6) is 0.462. The summed E-state index contributed by atoms with van der Waals surface area (Å²) in [5, 5.41) is 8.59. The first-order chi connectivity index (χ1) is 8.65. The average Bonchev–Trinajstić information content (AvgIpc) is 2.90. The molecule has 1 aliphatic heterocycles. The average molecular weight is 272 g/mol. The van der Waals surface area contributed by atoms with Gasteiger partial charge in [-0.3, -0.25) is 4.68 Å². The van der Waals surface area contributed by atoms with E-state index in [-0.39, 0.29) is 12.1 Å². The van der Waals surface area contributed by atoms with E-state index in [0.717, 1.165) is 36.7 Å². The highest BCUT2D eigenvalue weighted by Crippen LogP contribution is 2.35. The standard InChI is InChI=1S/C13H22ClN3O/c1-4-6-15-12(10-5-7-18-9(10)2)13-11(14)8-16-17(13)3/h8-10,12,15H,4-7H2,1-3H3. The molecule has 0 radical (unpaired) electrons. The van der Waals surface area contributed by atoms with E-state index in [1.165, 1.54) is 0 Å². The fourth-order valence-corrected chi connectivity index (χ4v) is 2.99. The maximum Gasteiger partial charge on any atom is 0.0834 e. The molecule has 0 aliphatic carbocycles. The van der Waals surface area contributed by atoms with Gasteiger partial charge in [0, 0.05) is 19.6 Å². The Balaban J connectivity index is 2.24.